The summed E-state index contributed by atoms with van der Waals surface area (Å²) in [6.45, 7) is 6.00. The van der Waals surface area contributed by atoms with Gasteiger partial charge in [0.15, 0.2) is 0 Å². The normalized spacial score (nSPS) is 14.5. The molecule has 1 aliphatic heterocycles. The van der Waals surface area contributed by atoms with Crippen LogP contribution in [0, 0.1) is 6.92 Å². The van der Waals surface area contributed by atoms with Crippen molar-refractivity contribution in [3.05, 3.63) is 53.0 Å². The molecule has 5 heteroatoms. The number of amides is 2. The molecule has 23 heavy (non-hydrogen) atoms. The minimum absolute atomic E-state index is 0.0303. The van der Waals surface area contributed by atoms with Crippen molar-refractivity contribution < 1.29 is 14.0 Å². The molecule has 0 saturated carbocycles. The van der Waals surface area contributed by atoms with Crippen molar-refractivity contribution in [2.75, 3.05) is 11.4 Å². The number of carbonyl (C=O) groups is 2. The lowest BCUT2D eigenvalue weighted by Crippen LogP contribution is -2.27. The molecule has 2 amide bonds. The Morgan fingerprint density at radius 2 is 2.04 bits per heavy atom. The fourth-order valence-electron chi connectivity index (χ4n) is 2.91. The van der Waals surface area contributed by atoms with Crippen LogP contribution in [0.3, 0.4) is 0 Å². The van der Waals surface area contributed by atoms with E-state index in [4.69, 9.17) is 4.42 Å². The maximum absolute atomic E-state index is 12.4. The summed E-state index contributed by atoms with van der Waals surface area (Å²) in [5.41, 5.74) is 2.54. The first-order chi connectivity index (χ1) is 11.0. The van der Waals surface area contributed by atoms with Crippen LogP contribution in [-0.4, -0.2) is 18.4 Å². The molecule has 1 aromatic carbocycles. The number of nitrogens with one attached hydrogen (secondary N) is 1. The van der Waals surface area contributed by atoms with Crippen LogP contribution >= 0.6 is 0 Å². The van der Waals surface area contributed by atoms with Gasteiger partial charge in [-0.1, -0.05) is 0 Å². The van der Waals surface area contributed by atoms with Crippen molar-refractivity contribution in [2.24, 2.45) is 0 Å². The zero-order valence-corrected chi connectivity index (χ0v) is 13.6. The van der Waals surface area contributed by atoms with Gasteiger partial charge in [-0.05, 0) is 56.2 Å². The first-order valence-electron chi connectivity index (χ1n) is 7.74. The zero-order chi connectivity index (χ0) is 16.6. The Kier molecular flexibility index (Phi) is 3.94. The number of carbonyl (C=O) groups excluding carboxylic acids is 2. The number of aryl methyl sites for hydroxylation is 1. The van der Waals surface area contributed by atoms with E-state index in [1.807, 2.05) is 38.1 Å². The summed E-state index contributed by atoms with van der Waals surface area (Å²) in [7, 11) is 0. The Hall–Kier alpha value is -2.56. The zero-order valence-electron chi connectivity index (χ0n) is 13.6. The predicted molar refractivity (Wildman–Crippen MR) is 87.5 cm³/mol. The Morgan fingerprint density at radius 1 is 1.26 bits per heavy atom. The Balaban J connectivity index is 1.75. The molecule has 0 aliphatic carbocycles. The predicted octanol–water partition coefficient (Wildman–Crippen LogP) is 2.99. The van der Waals surface area contributed by atoms with Crippen LogP contribution in [0.15, 0.2) is 34.7 Å². The Bertz CT molecular complexity index is 763. The largest absolute Gasteiger partial charge is 0.464 e. The summed E-state index contributed by atoms with van der Waals surface area (Å²) >= 11 is 0. The standard InChI is InChI=1S/C18H20N2O3/c1-11-4-7-17(23-11)12(2)19-18(22)15-5-6-16-14(10-15)8-9-20(16)13(3)21/h4-7,10,12H,8-9H2,1-3H3,(H,19,22). The second-order valence-electron chi connectivity index (χ2n) is 5.91. The third kappa shape index (κ3) is 2.99. The number of nitrogens with zero attached hydrogens (tertiary/aromatic N) is 1. The summed E-state index contributed by atoms with van der Waals surface area (Å²) in [5.74, 6) is 1.45. The van der Waals surface area contributed by atoms with Crippen molar-refractivity contribution in [3.8, 4) is 0 Å². The van der Waals surface area contributed by atoms with Crippen LogP contribution < -0.4 is 10.2 Å². The SMILES string of the molecule is CC(=O)N1CCc2cc(C(=O)NC(C)c3ccc(C)o3)ccc21. The lowest BCUT2D eigenvalue weighted by Gasteiger charge is -2.15. The topological polar surface area (TPSA) is 62.6 Å². The number of benzene rings is 1. The molecule has 2 aromatic rings. The molecule has 0 bridgehead atoms. The molecule has 1 unspecified atom stereocenters. The van der Waals surface area contributed by atoms with Gasteiger partial charge in [0.1, 0.15) is 11.5 Å². The molecule has 3 rings (SSSR count). The van der Waals surface area contributed by atoms with E-state index in [9.17, 15) is 9.59 Å². The third-order valence-corrected chi connectivity index (χ3v) is 4.15. The van der Waals surface area contributed by atoms with Crippen molar-refractivity contribution in [2.45, 2.75) is 33.2 Å². The second-order valence-corrected chi connectivity index (χ2v) is 5.91. The molecule has 1 aliphatic rings. The van der Waals surface area contributed by atoms with Gasteiger partial charge < -0.3 is 14.6 Å². The van der Waals surface area contributed by atoms with Gasteiger partial charge in [-0.25, -0.2) is 0 Å². The fraction of sp³-hybridized carbons (Fsp3) is 0.333. The van der Waals surface area contributed by atoms with Crippen molar-refractivity contribution in [3.63, 3.8) is 0 Å². The number of fused-ring (bicyclic) bond motifs is 1. The highest BCUT2D eigenvalue weighted by molar-refractivity contribution is 5.98. The third-order valence-electron chi connectivity index (χ3n) is 4.15. The lowest BCUT2D eigenvalue weighted by molar-refractivity contribution is -0.116. The maximum Gasteiger partial charge on any atom is 0.251 e. The Morgan fingerprint density at radius 3 is 2.70 bits per heavy atom. The van der Waals surface area contributed by atoms with Crippen LogP contribution in [0.4, 0.5) is 5.69 Å². The lowest BCUT2D eigenvalue weighted by atomic mass is 10.1. The number of hydrogen-bond donors (Lipinski definition) is 1. The highest BCUT2D eigenvalue weighted by Crippen LogP contribution is 2.29. The molecule has 5 nitrogen and oxygen atoms in total. The van der Waals surface area contributed by atoms with Gasteiger partial charge in [-0.2, -0.15) is 0 Å². The summed E-state index contributed by atoms with van der Waals surface area (Å²) in [6.07, 6.45) is 0.781. The quantitative estimate of drug-likeness (QED) is 0.947. The van der Waals surface area contributed by atoms with Gasteiger partial charge in [-0.3, -0.25) is 9.59 Å². The first kappa shape index (κ1) is 15.3. The molecule has 0 saturated heterocycles. The van der Waals surface area contributed by atoms with E-state index in [0.29, 0.717) is 12.1 Å². The molecule has 0 radical (unpaired) electrons. The van der Waals surface area contributed by atoms with Gasteiger partial charge in [0.25, 0.3) is 5.91 Å². The molecule has 1 atom stereocenters. The minimum Gasteiger partial charge on any atom is -0.464 e. The van der Waals surface area contributed by atoms with E-state index in [0.717, 1.165) is 29.2 Å². The first-order valence-corrected chi connectivity index (χ1v) is 7.74. The van der Waals surface area contributed by atoms with Crippen molar-refractivity contribution in [1.82, 2.24) is 5.32 Å². The van der Waals surface area contributed by atoms with Crippen LogP contribution in [0.25, 0.3) is 0 Å². The highest BCUT2D eigenvalue weighted by atomic mass is 16.3. The fourth-order valence-corrected chi connectivity index (χ4v) is 2.91. The second kappa shape index (κ2) is 5.91. The number of anilines is 1. The van der Waals surface area contributed by atoms with Gasteiger partial charge in [0, 0.05) is 24.7 Å². The van der Waals surface area contributed by atoms with E-state index in [1.54, 1.807) is 17.9 Å². The number of rotatable bonds is 3. The summed E-state index contributed by atoms with van der Waals surface area (Å²) in [4.78, 5) is 25.7. The molecular formula is C18H20N2O3. The van der Waals surface area contributed by atoms with Crippen molar-refractivity contribution in [1.29, 1.82) is 0 Å². The summed E-state index contributed by atoms with van der Waals surface area (Å²) in [6, 6.07) is 9.03. The highest BCUT2D eigenvalue weighted by Gasteiger charge is 2.23. The Labute approximate surface area is 135 Å². The smallest absolute Gasteiger partial charge is 0.251 e. The van der Waals surface area contributed by atoms with E-state index < -0.39 is 0 Å². The monoisotopic (exact) mass is 312 g/mol. The number of hydrogen-bond acceptors (Lipinski definition) is 3. The van der Waals surface area contributed by atoms with Gasteiger partial charge >= 0.3 is 0 Å². The van der Waals surface area contributed by atoms with Crippen LogP contribution in [0.1, 0.15) is 47.3 Å². The maximum atomic E-state index is 12.4. The van der Waals surface area contributed by atoms with E-state index >= 15 is 0 Å². The van der Waals surface area contributed by atoms with Crippen LogP contribution in [0.2, 0.25) is 0 Å². The summed E-state index contributed by atoms with van der Waals surface area (Å²) in [5, 5.41) is 2.94. The van der Waals surface area contributed by atoms with Crippen LogP contribution in [-0.2, 0) is 11.2 Å². The minimum atomic E-state index is -0.196. The molecule has 1 N–H and O–H groups in total. The van der Waals surface area contributed by atoms with Crippen molar-refractivity contribution >= 4 is 17.5 Å². The average Bonchev–Trinajstić information content (AvgIpc) is 3.12. The molecule has 1 aromatic heterocycles. The molecule has 0 spiro atoms. The van der Waals surface area contributed by atoms with E-state index in [-0.39, 0.29) is 17.9 Å². The molecule has 2 heterocycles. The van der Waals surface area contributed by atoms with Gasteiger partial charge in [0.05, 0.1) is 6.04 Å². The van der Waals surface area contributed by atoms with E-state index in [1.165, 1.54) is 0 Å². The number of furan rings is 1. The van der Waals surface area contributed by atoms with E-state index in [2.05, 4.69) is 5.32 Å². The van der Waals surface area contributed by atoms with Crippen LogP contribution in [0.5, 0.6) is 0 Å². The van der Waals surface area contributed by atoms with Gasteiger partial charge in [0.2, 0.25) is 5.91 Å². The average molecular weight is 312 g/mol. The molecule has 0 fully saturated rings. The van der Waals surface area contributed by atoms with Gasteiger partial charge in [-0.15, -0.1) is 0 Å². The molecule has 120 valence electrons. The molecular weight excluding hydrogens is 292 g/mol. The summed E-state index contributed by atoms with van der Waals surface area (Å²) < 4.78 is 5.54.